The molecular formula is C22H29N5O. The van der Waals surface area contributed by atoms with E-state index in [2.05, 4.69) is 56.5 Å². The summed E-state index contributed by atoms with van der Waals surface area (Å²) in [7, 11) is 0. The predicted octanol–water partition coefficient (Wildman–Crippen LogP) is 3.63. The Balaban J connectivity index is 1.31. The lowest BCUT2D eigenvalue weighted by Gasteiger charge is -2.36. The highest BCUT2D eigenvalue weighted by Crippen LogP contribution is 2.25. The molecule has 1 amide bonds. The minimum absolute atomic E-state index is 0.0912. The van der Waals surface area contributed by atoms with Gasteiger partial charge in [0.1, 0.15) is 0 Å². The number of nitrogens with one attached hydrogen (secondary N) is 1. The lowest BCUT2D eigenvalue weighted by atomic mass is 9.89. The molecule has 2 aliphatic rings. The molecule has 1 saturated carbocycles. The van der Waals surface area contributed by atoms with Crippen LogP contribution in [0.2, 0.25) is 0 Å². The van der Waals surface area contributed by atoms with Gasteiger partial charge in [-0.25, -0.2) is 0 Å². The number of rotatable bonds is 4. The average molecular weight is 380 g/mol. The number of carbonyl (C=O) groups excluding carboxylic acids is 1. The highest BCUT2D eigenvalue weighted by Gasteiger charge is 2.22. The van der Waals surface area contributed by atoms with Crippen LogP contribution in [0.15, 0.2) is 36.4 Å². The molecule has 0 radical (unpaired) electrons. The highest BCUT2D eigenvalue weighted by molar-refractivity contribution is 5.91. The van der Waals surface area contributed by atoms with Crippen LogP contribution in [0.4, 0.5) is 17.3 Å². The van der Waals surface area contributed by atoms with Crippen LogP contribution in [0.25, 0.3) is 0 Å². The average Bonchev–Trinajstić information content (AvgIpc) is 2.75. The van der Waals surface area contributed by atoms with E-state index >= 15 is 0 Å². The van der Waals surface area contributed by atoms with E-state index in [9.17, 15) is 4.79 Å². The molecule has 148 valence electrons. The van der Waals surface area contributed by atoms with E-state index in [-0.39, 0.29) is 11.8 Å². The molecule has 2 heterocycles. The number of amides is 1. The van der Waals surface area contributed by atoms with Crippen LogP contribution in [-0.2, 0) is 4.79 Å². The number of nitrogens with zero attached hydrogens (tertiary/aromatic N) is 4. The molecule has 1 aliphatic carbocycles. The Hall–Kier alpha value is -2.63. The maximum atomic E-state index is 12.4. The Labute approximate surface area is 166 Å². The van der Waals surface area contributed by atoms with Crippen LogP contribution in [0.1, 0.15) is 37.7 Å². The summed E-state index contributed by atoms with van der Waals surface area (Å²) < 4.78 is 0. The number of anilines is 3. The molecule has 1 aromatic carbocycles. The molecule has 0 spiro atoms. The molecule has 4 rings (SSSR count). The van der Waals surface area contributed by atoms with Crippen molar-refractivity contribution >= 4 is 23.2 Å². The van der Waals surface area contributed by atoms with Crippen molar-refractivity contribution in [2.24, 2.45) is 5.92 Å². The zero-order chi connectivity index (χ0) is 19.3. The van der Waals surface area contributed by atoms with Crippen molar-refractivity contribution in [2.75, 3.05) is 41.3 Å². The van der Waals surface area contributed by atoms with E-state index in [1.165, 1.54) is 17.7 Å². The van der Waals surface area contributed by atoms with Gasteiger partial charge in [-0.2, -0.15) is 0 Å². The first-order chi connectivity index (χ1) is 13.7. The molecule has 6 heteroatoms. The molecule has 0 bridgehead atoms. The van der Waals surface area contributed by atoms with Gasteiger partial charge >= 0.3 is 0 Å². The van der Waals surface area contributed by atoms with Crippen molar-refractivity contribution in [2.45, 2.75) is 39.0 Å². The van der Waals surface area contributed by atoms with Gasteiger partial charge in [0.15, 0.2) is 11.6 Å². The first kappa shape index (κ1) is 18.7. The summed E-state index contributed by atoms with van der Waals surface area (Å²) in [6.07, 6.45) is 5.52. The molecule has 2 fully saturated rings. The fraction of sp³-hybridized carbons (Fsp3) is 0.500. The smallest absolute Gasteiger partial charge is 0.228 e. The van der Waals surface area contributed by atoms with Crippen molar-refractivity contribution in [3.63, 3.8) is 0 Å². The Morgan fingerprint density at radius 3 is 2.39 bits per heavy atom. The van der Waals surface area contributed by atoms with Crippen molar-refractivity contribution in [3.8, 4) is 0 Å². The van der Waals surface area contributed by atoms with Crippen LogP contribution in [0.5, 0.6) is 0 Å². The number of aromatic nitrogens is 2. The summed E-state index contributed by atoms with van der Waals surface area (Å²) >= 11 is 0. The van der Waals surface area contributed by atoms with Crippen LogP contribution in [-0.4, -0.2) is 42.3 Å². The number of piperazine rings is 1. The van der Waals surface area contributed by atoms with Gasteiger partial charge in [-0.05, 0) is 49.6 Å². The summed E-state index contributed by atoms with van der Waals surface area (Å²) in [5.41, 5.74) is 2.57. The second-order valence-corrected chi connectivity index (χ2v) is 7.91. The molecule has 6 nitrogen and oxygen atoms in total. The van der Waals surface area contributed by atoms with Crippen LogP contribution in [0.3, 0.4) is 0 Å². The fourth-order valence-electron chi connectivity index (χ4n) is 4.17. The Bertz CT molecular complexity index is 793. The molecule has 1 aromatic heterocycles. The summed E-state index contributed by atoms with van der Waals surface area (Å²) in [5.74, 6) is 1.65. The topological polar surface area (TPSA) is 61.4 Å². The SMILES string of the molecule is Cc1cccc(N2CCN(c3ccc(NC(=O)C4CCCCC4)nn3)CC2)c1. The number of hydrogen-bond donors (Lipinski definition) is 1. The van der Waals surface area contributed by atoms with Gasteiger partial charge in [0.2, 0.25) is 5.91 Å². The molecule has 1 saturated heterocycles. The van der Waals surface area contributed by atoms with Gasteiger partial charge in [0.25, 0.3) is 0 Å². The van der Waals surface area contributed by atoms with Crippen LogP contribution < -0.4 is 15.1 Å². The van der Waals surface area contributed by atoms with Gasteiger partial charge in [-0.3, -0.25) is 4.79 Å². The van der Waals surface area contributed by atoms with E-state index in [1.807, 2.05) is 12.1 Å². The zero-order valence-corrected chi connectivity index (χ0v) is 16.6. The van der Waals surface area contributed by atoms with E-state index < -0.39 is 0 Å². The maximum absolute atomic E-state index is 12.4. The molecule has 28 heavy (non-hydrogen) atoms. The van der Waals surface area contributed by atoms with Crippen LogP contribution in [0, 0.1) is 12.8 Å². The number of benzene rings is 1. The summed E-state index contributed by atoms with van der Waals surface area (Å²) in [5, 5.41) is 11.5. The molecule has 0 unspecified atom stereocenters. The van der Waals surface area contributed by atoms with E-state index in [1.54, 1.807) is 0 Å². The lowest BCUT2D eigenvalue weighted by molar-refractivity contribution is -0.120. The third kappa shape index (κ3) is 4.43. The normalized spacial score (nSPS) is 18.2. The minimum atomic E-state index is 0.0912. The summed E-state index contributed by atoms with van der Waals surface area (Å²) in [6.45, 7) is 5.88. The first-order valence-corrected chi connectivity index (χ1v) is 10.4. The van der Waals surface area contributed by atoms with Crippen molar-refractivity contribution in [3.05, 3.63) is 42.0 Å². The zero-order valence-electron chi connectivity index (χ0n) is 16.6. The molecular weight excluding hydrogens is 350 g/mol. The Kier molecular flexibility index (Phi) is 5.74. The molecule has 1 N–H and O–H groups in total. The monoisotopic (exact) mass is 379 g/mol. The Morgan fingerprint density at radius 1 is 0.964 bits per heavy atom. The maximum Gasteiger partial charge on any atom is 0.228 e. The minimum Gasteiger partial charge on any atom is -0.368 e. The highest BCUT2D eigenvalue weighted by atomic mass is 16.1. The van der Waals surface area contributed by atoms with Gasteiger partial charge in [0.05, 0.1) is 0 Å². The third-order valence-corrected chi connectivity index (χ3v) is 5.85. The molecule has 0 atom stereocenters. The summed E-state index contributed by atoms with van der Waals surface area (Å²) in [4.78, 5) is 17.0. The largest absolute Gasteiger partial charge is 0.368 e. The number of aryl methyl sites for hydroxylation is 1. The molecule has 2 aromatic rings. The van der Waals surface area contributed by atoms with Gasteiger partial charge < -0.3 is 15.1 Å². The molecule has 1 aliphatic heterocycles. The first-order valence-electron chi connectivity index (χ1n) is 10.4. The van der Waals surface area contributed by atoms with Crippen molar-refractivity contribution in [1.82, 2.24) is 10.2 Å². The number of hydrogen-bond acceptors (Lipinski definition) is 5. The standard InChI is InChI=1S/C22H29N5O/c1-17-6-5-9-19(16-17)26-12-14-27(15-13-26)21-11-10-20(24-25-21)23-22(28)18-7-3-2-4-8-18/h5-6,9-11,16,18H,2-4,7-8,12-15H2,1H3,(H,23,24,28). The second kappa shape index (κ2) is 8.59. The van der Waals surface area contributed by atoms with Crippen molar-refractivity contribution in [1.29, 1.82) is 0 Å². The van der Waals surface area contributed by atoms with E-state index in [0.29, 0.717) is 5.82 Å². The predicted molar refractivity (Wildman–Crippen MR) is 113 cm³/mol. The second-order valence-electron chi connectivity index (χ2n) is 7.91. The fourth-order valence-corrected chi connectivity index (χ4v) is 4.17. The lowest BCUT2D eigenvalue weighted by Crippen LogP contribution is -2.46. The van der Waals surface area contributed by atoms with Gasteiger partial charge in [-0.1, -0.05) is 31.4 Å². The third-order valence-electron chi connectivity index (χ3n) is 5.85. The van der Waals surface area contributed by atoms with Gasteiger partial charge in [0, 0.05) is 37.8 Å². The van der Waals surface area contributed by atoms with Gasteiger partial charge in [-0.15, -0.1) is 10.2 Å². The van der Waals surface area contributed by atoms with E-state index in [4.69, 9.17) is 0 Å². The Morgan fingerprint density at radius 2 is 1.71 bits per heavy atom. The van der Waals surface area contributed by atoms with Crippen LogP contribution >= 0.6 is 0 Å². The van der Waals surface area contributed by atoms with E-state index in [0.717, 1.165) is 57.7 Å². The summed E-state index contributed by atoms with van der Waals surface area (Å²) in [6, 6.07) is 12.5. The van der Waals surface area contributed by atoms with Crippen molar-refractivity contribution < 1.29 is 4.79 Å². The quantitative estimate of drug-likeness (QED) is 0.879. The number of carbonyl (C=O) groups is 1.